The minimum absolute atomic E-state index is 0.235. The van der Waals surface area contributed by atoms with Gasteiger partial charge in [-0.15, -0.1) is 0 Å². The van der Waals surface area contributed by atoms with Crippen molar-refractivity contribution in [1.29, 1.82) is 0 Å². The van der Waals surface area contributed by atoms with E-state index in [-0.39, 0.29) is 11.1 Å². The van der Waals surface area contributed by atoms with Gasteiger partial charge in [0.2, 0.25) is 5.91 Å². The molecule has 4 aromatic rings. The number of methoxy groups -OCH3 is 1. The summed E-state index contributed by atoms with van der Waals surface area (Å²) in [5.74, 6) is 1.31. The van der Waals surface area contributed by atoms with Gasteiger partial charge in [0, 0.05) is 5.39 Å². The number of aromatic nitrogens is 2. The predicted molar refractivity (Wildman–Crippen MR) is 136 cm³/mol. The Morgan fingerprint density at radius 1 is 0.943 bits per heavy atom. The molecule has 1 atom stereocenters. The Morgan fingerprint density at radius 3 is 2.34 bits per heavy atom. The molecule has 35 heavy (non-hydrogen) atoms. The molecule has 0 bridgehead atoms. The van der Waals surface area contributed by atoms with Crippen molar-refractivity contribution < 1.29 is 19.1 Å². The van der Waals surface area contributed by atoms with E-state index in [9.17, 15) is 9.59 Å². The summed E-state index contributed by atoms with van der Waals surface area (Å²) in [6.45, 7) is 1.07. The Balaban J connectivity index is 1.23. The number of amides is 2. The molecule has 1 saturated heterocycles. The lowest BCUT2D eigenvalue weighted by Gasteiger charge is -2.24. The van der Waals surface area contributed by atoms with Gasteiger partial charge in [-0.25, -0.2) is 0 Å². The van der Waals surface area contributed by atoms with Gasteiger partial charge in [-0.1, -0.05) is 42.5 Å². The molecule has 2 heterocycles. The average molecular weight is 488 g/mol. The number of carbonyl (C=O) groups is 2. The van der Waals surface area contributed by atoms with E-state index in [1.165, 1.54) is 0 Å². The molecule has 0 radical (unpaired) electrons. The molecular weight excluding hydrogens is 462 g/mol. The molecule has 1 unspecified atom stereocenters. The fraction of sp³-hybridized carbons (Fsp3) is 0.222. The number of hydrogen-bond acceptors (Lipinski definition) is 6. The van der Waals surface area contributed by atoms with Crippen molar-refractivity contribution in [3.63, 3.8) is 0 Å². The van der Waals surface area contributed by atoms with Gasteiger partial charge in [-0.3, -0.25) is 19.6 Å². The Labute approximate surface area is 207 Å². The van der Waals surface area contributed by atoms with Crippen molar-refractivity contribution in [2.24, 2.45) is 0 Å². The Bertz CT molecular complexity index is 1350. The summed E-state index contributed by atoms with van der Waals surface area (Å²) in [6.07, 6.45) is 2.75. The Kier molecular flexibility index (Phi) is 6.46. The summed E-state index contributed by atoms with van der Waals surface area (Å²) in [6, 6.07) is 23.4. The van der Waals surface area contributed by atoms with Crippen LogP contribution in [0.25, 0.3) is 10.9 Å². The van der Waals surface area contributed by atoms with Crippen LogP contribution >= 0.6 is 11.8 Å². The number of hydrogen-bond donors (Lipinski definition) is 1. The Hall–Kier alpha value is -3.78. The smallest absolute Gasteiger partial charge is 0.286 e. The summed E-state index contributed by atoms with van der Waals surface area (Å²) in [5.41, 5.74) is 3.02. The van der Waals surface area contributed by atoms with E-state index in [0.717, 1.165) is 45.3 Å². The van der Waals surface area contributed by atoms with Crippen molar-refractivity contribution in [1.82, 2.24) is 15.1 Å². The molecule has 7 nitrogen and oxygen atoms in total. The number of ether oxygens (including phenoxy) is 2. The maximum atomic E-state index is 12.8. The molecule has 1 aliphatic heterocycles. The second-order valence-corrected chi connectivity index (χ2v) is 9.82. The molecule has 0 saturated carbocycles. The van der Waals surface area contributed by atoms with E-state index >= 15 is 0 Å². The summed E-state index contributed by atoms with van der Waals surface area (Å²) in [5, 5.41) is 7.63. The second kappa shape index (κ2) is 9.84. The van der Waals surface area contributed by atoms with E-state index < -0.39 is 4.75 Å². The first-order valence-electron chi connectivity index (χ1n) is 11.3. The molecule has 1 aromatic heterocycles. The van der Waals surface area contributed by atoms with Crippen LogP contribution in [0.15, 0.2) is 79.0 Å². The number of rotatable bonds is 9. The lowest BCUT2D eigenvalue weighted by molar-refractivity contribution is -0.121. The molecule has 2 amide bonds. The van der Waals surface area contributed by atoms with Crippen molar-refractivity contribution in [2.45, 2.75) is 24.1 Å². The number of nitrogens with one attached hydrogen (secondary N) is 1. The number of carbonyl (C=O) groups excluding carboxylic acids is 2. The van der Waals surface area contributed by atoms with Crippen LogP contribution in [0, 0.1) is 0 Å². The number of imide groups is 1. The van der Waals surface area contributed by atoms with Crippen LogP contribution in [0.4, 0.5) is 4.79 Å². The summed E-state index contributed by atoms with van der Waals surface area (Å²) < 4.78 is 12.2. The standard InChI is InChI=1S/C27H25N3O4S/c1-33-23-11-12-24-21(15-23)18-28-30(24)13-14-34-22-9-7-20(8-10-22)17-27(25(31)29-26(32)35-27)16-19-5-3-2-4-6-19/h2-12,15,18H,13-14,16-17H2,1H3,(H,29,31,32). The Morgan fingerprint density at radius 2 is 1.66 bits per heavy atom. The van der Waals surface area contributed by atoms with Crippen LogP contribution < -0.4 is 14.8 Å². The first-order valence-corrected chi connectivity index (χ1v) is 12.2. The molecule has 3 aromatic carbocycles. The third-order valence-electron chi connectivity index (χ3n) is 6.08. The normalized spacial score (nSPS) is 17.5. The second-order valence-electron chi connectivity index (χ2n) is 8.46. The number of fused-ring (bicyclic) bond motifs is 1. The summed E-state index contributed by atoms with van der Waals surface area (Å²) in [7, 11) is 1.65. The van der Waals surface area contributed by atoms with E-state index in [1.54, 1.807) is 7.11 Å². The predicted octanol–water partition coefficient (Wildman–Crippen LogP) is 4.63. The summed E-state index contributed by atoms with van der Waals surface area (Å²) in [4.78, 5) is 24.8. The monoisotopic (exact) mass is 487 g/mol. The van der Waals surface area contributed by atoms with Crippen molar-refractivity contribution >= 4 is 33.8 Å². The summed E-state index contributed by atoms with van der Waals surface area (Å²) >= 11 is 1.08. The third kappa shape index (κ3) is 5.02. The molecule has 1 fully saturated rings. The van der Waals surface area contributed by atoms with Crippen molar-refractivity contribution in [3.05, 3.63) is 90.1 Å². The molecular formula is C27H25N3O4S. The molecule has 8 heteroatoms. The maximum absolute atomic E-state index is 12.8. The molecule has 0 aliphatic carbocycles. The SMILES string of the molecule is COc1ccc2c(cnn2CCOc2ccc(CC3(Cc4ccccc4)SC(=O)NC3=O)cc2)c1. The zero-order valence-corrected chi connectivity index (χ0v) is 20.1. The highest BCUT2D eigenvalue weighted by atomic mass is 32.2. The van der Waals surface area contributed by atoms with Crippen LogP contribution in [0.3, 0.4) is 0 Å². The molecule has 5 rings (SSSR count). The van der Waals surface area contributed by atoms with Gasteiger partial charge in [0.15, 0.2) is 0 Å². The number of benzene rings is 3. The van der Waals surface area contributed by atoms with Gasteiger partial charge in [0.25, 0.3) is 5.24 Å². The quantitative estimate of drug-likeness (QED) is 0.371. The van der Waals surface area contributed by atoms with Crippen molar-refractivity contribution in [2.75, 3.05) is 13.7 Å². The van der Waals surface area contributed by atoms with E-state index in [2.05, 4.69) is 10.4 Å². The zero-order valence-electron chi connectivity index (χ0n) is 19.3. The maximum Gasteiger partial charge on any atom is 0.286 e. The average Bonchev–Trinajstić information content (AvgIpc) is 3.39. The van der Waals surface area contributed by atoms with E-state index in [4.69, 9.17) is 9.47 Å². The largest absolute Gasteiger partial charge is 0.497 e. The van der Waals surface area contributed by atoms with Crippen LogP contribution in [0.2, 0.25) is 0 Å². The van der Waals surface area contributed by atoms with Crippen LogP contribution in [0.1, 0.15) is 11.1 Å². The van der Waals surface area contributed by atoms with Gasteiger partial charge in [-0.2, -0.15) is 5.10 Å². The third-order valence-corrected chi connectivity index (χ3v) is 7.24. The minimum Gasteiger partial charge on any atom is -0.497 e. The first-order chi connectivity index (χ1) is 17.0. The van der Waals surface area contributed by atoms with E-state index in [0.29, 0.717) is 26.0 Å². The highest BCUT2D eigenvalue weighted by Crippen LogP contribution is 2.38. The first kappa shape index (κ1) is 23.0. The minimum atomic E-state index is -0.857. The van der Waals surface area contributed by atoms with Gasteiger partial charge in [0.05, 0.1) is 25.4 Å². The fourth-order valence-electron chi connectivity index (χ4n) is 4.33. The van der Waals surface area contributed by atoms with Gasteiger partial charge >= 0.3 is 0 Å². The molecule has 0 spiro atoms. The van der Waals surface area contributed by atoms with Gasteiger partial charge < -0.3 is 9.47 Å². The fourth-order valence-corrected chi connectivity index (χ4v) is 5.45. The van der Waals surface area contributed by atoms with Gasteiger partial charge in [0.1, 0.15) is 22.9 Å². The molecule has 178 valence electrons. The lowest BCUT2D eigenvalue weighted by Crippen LogP contribution is -2.40. The van der Waals surface area contributed by atoms with Crippen LogP contribution in [0.5, 0.6) is 11.5 Å². The highest BCUT2D eigenvalue weighted by Gasteiger charge is 2.47. The van der Waals surface area contributed by atoms with Crippen molar-refractivity contribution in [3.8, 4) is 11.5 Å². The molecule has 1 aliphatic rings. The van der Waals surface area contributed by atoms with E-state index in [1.807, 2.05) is 83.7 Å². The van der Waals surface area contributed by atoms with Gasteiger partial charge in [-0.05, 0) is 66.1 Å². The number of thioether (sulfide) groups is 1. The zero-order chi connectivity index (χ0) is 24.3. The highest BCUT2D eigenvalue weighted by molar-refractivity contribution is 8.16. The molecule has 1 N–H and O–H groups in total. The van der Waals surface area contributed by atoms with Crippen LogP contribution in [-0.4, -0.2) is 39.4 Å². The van der Waals surface area contributed by atoms with Crippen LogP contribution in [-0.2, 0) is 24.2 Å². The number of nitrogens with zero attached hydrogens (tertiary/aromatic N) is 2. The topological polar surface area (TPSA) is 82.4 Å². The lowest BCUT2D eigenvalue weighted by atomic mass is 9.90.